The van der Waals surface area contributed by atoms with E-state index in [0.717, 1.165) is 16.3 Å². The van der Waals surface area contributed by atoms with Crippen LogP contribution in [0.1, 0.15) is 21.7 Å². The number of carbonyl (C=O) groups excluding carboxylic acids is 1. The summed E-state index contributed by atoms with van der Waals surface area (Å²) in [4.78, 5) is 26.2. The Kier molecular flexibility index (Phi) is 2.93. The Morgan fingerprint density at radius 3 is 2.44 bits per heavy atom. The maximum atomic E-state index is 12.2. The van der Waals surface area contributed by atoms with Gasteiger partial charge in [-0.15, -0.1) is 4.57 Å². The highest BCUT2D eigenvalue weighted by molar-refractivity contribution is 5.97. The number of hydrogen-bond donors (Lipinski definition) is 0. The Labute approximate surface area is 103 Å². The molecule has 2 rings (SSSR count). The van der Waals surface area contributed by atoms with Gasteiger partial charge < -0.3 is 10.1 Å². The molecule has 1 aromatic heterocycles. The molecule has 6 heteroatoms. The third-order valence-electron chi connectivity index (χ3n) is 2.61. The van der Waals surface area contributed by atoms with Gasteiger partial charge in [0.05, 0.1) is 5.56 Å². The quantitative estimate of drug-likeness (QED) is 0.599. The largest absolute Gasteiger partial charge is 0.358 e. The summed E-state index contributed by atoms with van der Waals surface area (Å²) >= 11 is 0. The molecule has 0 aliphatic heterocycles. The van der Waals surface area contributed by atoms with E-state index in [1.165, 1.54) is 0 Å². The lowest BCUT2D eigenvalue weighted by Gasteiger charge is -2.01. The smallest absolute Gasteiger partial charge is 0.350 e. The van der Waals surface area contributed by atoms with Crippen molar-refractivity contribution in [3.05, 3.63) is 57.5 Å². The molecule has 0 aliphatic rings. The number of imidazole rings is 1. The van der Waals surface area contributed by atoms with Crippen LogP contribution >= 0.6 is 0 Å². The second-order valence-electron chi connectivity index (χ2n) is 3.93. The van der Waals surface area contributed by atoms with Gasteiger partial charge in [-0.25, -0.2) is 9.78 Å². The monoisotopic (exact) mass is 245 g/mol. The lowest BCUT2D eigenvalue weighted by Crippen LogP contribution is -2.15. The number of carbonyl (C=O) groups is 1. The lowest BCUT2D eigenvalue weighted by atomic mass is 10.1. The van der Waals surface area contributed by atoms with E-state index in [0.29, 0.717) is 11.4 Å². The molecular weight excluding hydrogens is 234 g/mol. The van der Waals surface area contributed by atoms with Gasteiger partial charge in [0.1, 0.15) is 6.20 Å². The second kappa shape index (κ2) is 4.40. The van der Waals surface area contributed by atoms with Crippen LogP contribution < -0.4 is 0 Å². The summed E-state index contributed by atoms with van der Waals surface area (Å²) in [5.74, 6) is -0.470. The number of nitrogens with zero attached hydrogens (tertiary/aromatic N) is 3. The van der Waals surface area contributed by atoms with E-state index in [4.69, 9.17) is 0 Å². The summed E-state index contributed by atoms with van der Waals surface area (Å²) < 4.78 is 1.00. The Morgan fingerprint density at radius 1 is 1.28 bits per heavy atom. The van der Waals surface area contributed by atoms with Gasteiger partial charge in [0.2, 0.25) is 5.82 Å². The summed E-state index contributed by atoms with van der Waals surface area (Å²) in [5, 5.41) is 10.8. The Balaban J connectivity index is 2.49. The highest BCUT2D eigenvalue weighted by Crippen LogP contribution is 2.16. The molecular formula is C12H11N3O3. The summed E-state index contributed by atoms with van der Waals surface area (Å²) in [5.41, 5.74) is 1.41. The van der Waals surface area contributed by atoms with Gasteiger partial charge in [-0.2, -0.15) is 0 Å². The first-order valence-electron chi connectivity index (χ1n) is 5.31. The average Bonchev–Trinajstić information content (AvgIpc) is 2.71. The molecule has 0 unspecified atom stereocenters. The molecule has 0 radical (unpaired) electrons. The van der Waals surface area contributed by atoms with Gasteiger partial charge in [0.15, 0.2) is 0 Å². The van der Waals surface area contributed by atoms with E-state index in [9.17, 15) is 14.9 Å². The van der Waals surface area contributed by atoms with Gasteiger partial charge in [-0.1, -0.05) is 17.7 Å². The predicted molar refractivity (Wildman–Crippen MR) is 64.5 cm³/mol. The standard InChI is InChI=1S/C12H11N3O3/c1-8-3-5-10(6-4-8)12(16)14-9(2)13-7-11(14)15(17)18/h3-7H,1-2H3. The van der Waals surface area contributed by atoms with Crippen molar-refractivity contribution in [3.8, 4) is 0 Å². The van der Waals surface area contributed by atoms with Crippen molar-refractivity contribution in [2.24, 2.45) is 0 Å². The van der Waals surface area contributed by atoms with E-state index >= 15 is 0 Å². The van der Waals surface area contributed by atoms with Crippen LogP contribution in [0.5, 0.6) is 0 Å². The molecule has 2 aromatic rings. The fourth-order valence-electron chi connectivity index (χ4n) is 1.64. The van der Waals surface area contributed by atoms with Crippen LogP contribution in [0.2, 0.25) is 0 Å². The third-order valence-corrected chi connectivity index (χ3v) is 2.61. The van der Waals surface area contributed by atoms with E-state index in [2.05, 4.69) is 4.98 Å². The zero-order valence-corrected chi connectivity index (χ0v) is 9.95. The molecule has 1 aromatic carbocycles. The molecule has 0 atom stereocenters. The normalized spacial score (nSPS) is 10.3. The molecule has 0 aliphatic carbocycles. The number of rotatable bonds is 2. The Hall–Kier alpha value is -2.50. The first-order valence-corrected chi connectivity index (χ1v) is 5.31. The fourth-order valence-corrected chi connectivity index (χ4v) is 1.64. The van der Waals surface area contributed by atoms with Crippen LogP contribution in [0, 0.1) is 24.0 Å². The number of nitro groups is 1. The Morgan fingerprint density at radius 2 is 1.89 bits per heavy atom. The summed E-state index contributed by atoms with van der Waals surface area (Å²) in [6.07, 6.45) is 1.08. The van der Waals surface area contributed by atoms with Crippen LogP contribution in [-0.4, -0.2) is 20.4 Å². The maximum absolute atomic E-state index is 12.2. The molecule has 0 bridgehead atoms. The van der Waals surface area contributed by atoms with Crippen molar-refractivity contribution in [1.29, 1.82) is 0 Å². The predicted octanol–water partition coefficient (Wildman–Crippen LogP) is 2.10. The molecule has 0 spiro atoms. The first kappa shape index (κ1) is 12.0. The van der Waals surface area contributed by atoms with Crippen LogP contribution in [-0.2, 0) is 0 Å². The topological polar surface area (TPSA) is 78.0 Å². The maximum Gasteiger partial charge on any atom is 0.350 e. The molecule has 0 saturated carbocycles. The molecule has 0 amide bonds. The van der Waals surface area contributed by atoms with E-state index in [1.807, 2.05) is 6.92 Å². The first-order chi connectivity index (χ1) is 8.50. The van der Waals surface area contributed by atoms with Crippen molar-refractivity contribution in [2.75, 3.05) is 0 Å². The van der Waals surface area contributed by atoms with Crippen molar-refractivity contribution in [3.63, 3.8) is 0 Å². The highest BCUT2D eigenvalue weighted by atomic mass is 16.6. The van der Waals surface area contributed by atoms with E-state index in [-0.39, 0.29) is 5.82 Å². The number of benzene rings is 1. The molecule has 6 nitrogen and oxygen atoms in total. The fraction of sp³-hybridized carbons (Fsp3) is 0.167. The van der Waals surface area contributed by atoms with Crippen LogP contribution in [0.25, 0.3) is 0 Å². The van der Waals surface area contributed by atoms with Gasteiger partial charge in [0.25, 0.3) is 0 Å². The average molecular weight is 245 g/mol. The SMILES string of the molecule is Cc1ccc(C(=O)n2c([N+](=O)[O-])cnc2C)cc1. The molecule has 1 heterocycles. The molecule has 0 saturated heterocycles. The van der Waals surface area contributed by atoms with Crippen LogP contribution in [0.15, 0.2) is 30.5 Å². The molecule has 0 fully saturated rings. The minimum absolute atomic E-state index is 0.298. The Bertz CT molecular complexity index is 614. The number of aromatic nitrogens is 2. The molecule has 0 N–H and O–H groups in total. The zero-order chi connectivity index (χ0) is 13.3. The number of aryl methyl sites for hydroxylation is 2. The van der Waals surface area contributed by atoms with Gasteiger partial charge >= 0.3 is 11.7 Å². The van der Waals surface area contributed by atoms with Crippen LogP contribution in [0.3, 0.4) is 0 Å². The molecule has 18 heavy (non-hydrogen) atoms. The van der Waals surface area contributed by atoms with Gasteiger partial charge in [0, 0.05) is 6.92 Å². The highest BCUT2D eigenvalue weighted by Gasteiger charge is 2.25. The summed E-state index contributed by atoms with van der Waals surface area (Å²) in [6, 6.07) is 6.85. The lowest BCUT2D eigenvalue weighted by molar-refractivity contribution is -0.390. The number of hydrogen-bond acceptors (Lipinski definition) is 4. The van der Waals surface area contributed by atoms with Gasteiger partial charge in [-0.3, -0.25) is 0 Å². The zero-order valence-electron chi connectivity index (χ0n) is 9.95. The minimum Gasteiger partial charge on any atom is -0.358 e. The second-order valence-corrected chi connectivity index (χ2v) is 3.93. The van der Waals surface area contributed by atoms with Crippen LogP contribution in [0.4, 0.5) is 5.82 Å². The van der Waals surface area contributed by atoms with E-state index in [1.54, 1.807) is 31.2 Å². The third kappa shape index (κ3) is 2.00. The molecule has 92 valence electrons. The van der Waals surface area contributed by atoms with Crippen molar-refractivity contribution >= 4 is 11.7 Å². The van der Waals surface area contributed by atoms with Crippen molar-refractivity contribution in [2.45, 2.75) is 13.8 Å². The van der Waals surface area contributed by atoms with Crippen molar-refractivity contribution < 1.29 is 9.72 Å². The van der Waals surface area contributed by atoms with Gasteiger partial charge in [-0.05, 0) is 24.0 Å². The summed E-state index contributed by atoms with van der Waals surface area (Å²) in [7, 11) is 0. The minimum atomic E-state index is -0.619. The summed E-state index contributed by atoms with van der Waals surface area (Å²) in [6.45, 7) is 3.46. The van der Waals surface area contributed by atoms with E-state index < -0.39 is 10.8 Å². The van der Waals surface area contributed by atoms with Crippen molar-refractivity contribution in [1.82, 2.24) is 9.55 Å².